The van der Waals surface area contributed by atoms with Crippen molar-refractivity contribution in [3.05, 3.63) is 29.3 Å². The largest absolute Gasteiger partial charge is 0.508 e. The smallest absolute Gasteiger partial charge is 0.222 e. The van der Waals surface area contributed by atoms with E-state index in [4.69, 9.17) is 10.3 Å². The highest BCUT2D eigenvalue weighted by Crippen LogP contribution is 2.36. The van der Waals surface area contributed by atoms with Gasteiger partial charge in [-0.3, -0.25) is 0 Å². The molecule has 17 heavy (non-hydrogen) atoms. The number of aromatic nitrogens is 1. The van der Waals surface area contributed by atoms with Crippen molar-refractivity contribution in [3.63, 3.8) is 0 Å². The van der Waals surface area contributed by atoms with E-state index in [2.05, 4.69) is 5.16 Å². The molecule has 1 aromatic heterocycles. The Kier molecular flexibility index (Phi) is 2.28. The van der Waals surface area contributed by atoms with Crippen molar-refractivity contribution in [3.8, 4) is 17.0 Å². The molecule has 0 bridgehead atoms. The lowest BCUT2D eigenvalue weighted by molar-refractivity contribution is 0.439. The number of nitrogens with zero attached hydrogens (tertiary/aromatic N) is 1. The fourth-order valence-corrected chi connectivity index (χ4v) is 2.50. The maximum Gasteiger partial charge on any atom is 0.222 e. The van der Waals surface area contributed by atoms with Crippen molar-refractivity contribution in [1.29, 1.82) is 0 Å². The Bertz CT molecular complexity index is 561. The number of nitrogens with two attached hydrogens (primary N) is 1. The molecule has 3 rings (SSSR count). The zero-order chi connectivity index (χ0) is 11.8. The molecule has 2 aromatic rings. The average molecular weight is 230 g/mol. The number of anilines is 1. The highest BCUT2D eigenvalue weighted by molar-refractivity contribution is 5.69. The van der Waals surface area contributed by atoms with Gasteiger partial charge in [0.1, 0.15) is 11.4 Å². The van der Waals surface area contributed by atoms with E-state index < -0.39 is 0 Å². The van der Waals surface area contributed by atoms with Gasteiger partial charge in [-0.1, -0.05) is 5.16 Å². The minimum atomic E-state index is 0.317. The first kappa shape index (κ1) is 10.2. The van der Waals surface area contributed by atoms with Crippen LogP contribution < -0.4 is 5.73 Å². The molecule has 3 N–H and O–H groups in total. The topological polar surface area (TPSA) is 72.3 Å². The third kappa shape index (κ3) is 1.65. The molecule has 0 spiro atoms. The van der Waals surface area contributed by atoms with Crippen molar-refractivity contribution in [2.24, 2.45) is 0 Å². The fourth-order valence-electron chi connectivity index (χ4n) is 2.50. The highest BCUT2D eigenvalue weighted by atomic mass is 16.5. The van der Waals surface area contributed by atoms with Gasteiger partial charge in [0.15, 0.2) is 0 Å². The van der Waals surface area contributed by atoms with Gasteiger partial charge in [-0.25, -0.2) is 0 Å². The van der Waals surface area contributed by atoms with Crippen molar-refractivity contribution >= 4 is 5.88 Å². The molecular formula is C13H14N2O2. The molecule has 0 radical (unpaired) electrons. The molecule has 1 aliphatic rings. The summed E-state index contributed by atoms with van der Waals surface area (Å²) in [6.45, 7) is 0. The highest BCUT2D eigenvalue weighted by Gasteiger charge is 2.19. The second-order valence-electron chi connectivity index (χ2n) is 4.41. The molecule has 1 aromatic carbocycles. The van der Waals surface area contributed by atoms with Gasteiger partial charge in [0.2, 0.25) is 5.88 Å². The molecule has 0 fully saturated rings. The zero-order valence-electron chi connectivity index (χ0n) is 9.44. The standard InChI is InChI=1S/C13H14N2O2/c14-13-7-11(15-17-13)9-5-6-12(16)10-4-2-1-3-8(9)10/h5-7,16H,1-4,14H2. The molecule has 0 saturated carbocycles. The quantitative estimate of drug-likeness (QED) is 0.789. The van der Waals surface area contributed by atoms with E-state index in [-0.39, 0.29) is 0 Å². The summed E-state index contributed by atoms with van der Waals surface area (Å²) in [4.78, 5) is 0. The van der Waals surface area contributed by atoms with Crippen LogP contribution in [0.25, 0.3) is 11.3 Å². The van der Waals surface area contributed by atoms with Gasteiger partial charge in [-0.15, -0.1) is 0 Å². The van der Waals surface area contributed by atoms with E-state index in [0.717, 1.165) is 42.5 Å². The van der Waals surface area contributed by atoms with Crippen molar-refractivity contribution in [2.45, 2.75) is 25.7 Å². The third-order valence-electron chi connectivity index (χ3n) is 3.31. The van der Waals surface area contributed by atoms with Crippen LogP contribution in [0, 0.1) is 0 Å². The molecule has 0 unspecified atom stereocenters. The summed E-state index contributed by atoms with van der Waals surface area (Å²) < 4.78 is 4.91. The minimum absolute atomic E-state index is 0.317. The number of rotatable bonds is 1. The predicted octanol–water partition coefficient (Wildman–Crippen LogP) is 2.51. The monoisotopic (exact) mass is 230 g/mol. The van der Waals surface area contributed by atoms with E-state index in [0.29, 0.717) is 11.6 Å². The Morgan fingerprint density at radius 2 is 1.94 bits per heavy atom. The molecule has 0 aliphatic heterocycles. The van der Waals surface area contributed by atoms with E-state index >= 15 is 0 Å². The van der Waals surface area contributed by atoms with Gasteiger partial charge in [0.25, 0.3) is 0 Å². The van der Waals surface area contributed by atoms with Gasteiger partial charge in [-0.05, 0) is 48.9 Å². The summed E-state index contributed by atoms with van der Waals surface area (Å²) in [6, 6.07) is 5.34. The van der Waals surface area contributed by atoms with Crippen LogP contribution in [0.2, 0.25) is 0 Å². The number of phenols is 1. The van der Waals surface area contributed by atoms with Crippen LogP contribution in [0.5, 0.6) is 5.75 Å². The van der Waals surface area contributed by atoms with Gasteiger partial charge in [0, 0.05) is 11.6 Å². The van der Waals surface area contributed by atoms with E-state index in [9.17, 15) is 5.11 Å². The maximum atomic E-state index is 9.86. The molecule has 0 atom stereocenters. The maximum absolute atomic E-state index is 9.86. The lowest BCUT2D eigenvalue weighted by Gasteiger charge is -2.19. The Balaban J connectivity index is 2.17. The molecule has 4 nitrogen and oxygen atoms in total. The number of nitrogen functional groups attached to an aromatic ring is 1. The Morgan fingerprint density at radius 1 is 1.18 bits per heavy atom. The predicted molar refractivity (Wildman–Crippen MR) is 64.7 cm³/mol. The summed E-state index contributed by atoms with van der Waals surface area (Å²) in [5, 5.41) is 13.8. The van der Waals surface area contributed by atoms with E-state index in [1.807, 2.05) is 6.07 Å². The SMILES string of the molecule is Nc1cc(-c2ccc(O)c3c2CCCC3)no1. The summed E-state index contributed by atoms with van der Waals surface area (Å²) in [5.74, 6) is 0.706. The van der Waals surface area contributed by atoms with E-state index in [1.54, 1.807) is 12.1 Å². The van der Waals surface area contributed by atoms with Crippen molar-refractivity contribution in [1.82, 2.24) is 5.16 Å². The number of aromatic hydroxyl groups is 1. The molecule has 1 heterocycles. The second kappa shape index (κ2) is 3.80. The van der Waals surface area contributed by atoms with Crippen LogP contribution >= 0.6 is 0 Å². The zero-order valence-corrected chi connectivity index (χ0v) is 9.44. The summed E-state index contributed by atoms with van der Waals surface area (Å²) in [7, 11) is 0. The number of phenolic OH excluding ortho intramolecular Hbond substituents is 1. The number of hydrogen-bond acceptors (Lipinski definition) is 4. The van der Waals surface area contributed by atoms with Gasteiger partial charge < -0.3 is 15.4 Å². The Hall–Kier alpha value is -1.97. The van der Waals surface area contributed by atoms with Gasteiger partial charge in [0.05, 0.1) is 0 Å². The van der Waals surface area contributed by atoms with Crippen LogP contribution in [0.3, 0.4) is 0 Å². The Labute approximate surface area is 99.0 Å². The summed E-state index contributed by atoms with van der Waals surface area (Å²) >= 11 is 0. The van der Waals surface area contributed by atoms with Crippen molar-refractivity contribution < 1.29 is 9.63 Å². The molecule has 1 aliphatic carbocycles. The molecular weight excluding hydrogens is 216 g/mol. The van der Waals surface area contributed by atoms with Gasteiger partial charge >= 0.3 is 0 Å². The van der Waals surface area contributed by atoms with Crippen LogP contribution in [0.15, 0.2) is 22.7 Å². The first-order valence-corrected chi connectivity index (χ1v) is 5.82. The Morgan fingerprint density at radius 3 is 2.65 bits per heavy atom. The number of benzene rings is 1. The third-order valence-corrected chi connectivity index (χ3v) is 3.31. The number of hydrogen-bond donors (Lipinski definition) is 2. The summed E-state index contributed by atoms with van der Waals surface area (Å²) in [5.41, 5.74) is 9.56. The van der Waals surface area contributed by atoms with Crippen LogP contribution in [-0.4, -0.2) is 10.3 Å². The van der Waals surface area contributed by atoms with Crippen LogP contribution in [-0.2, 0) is 12.8 Å². The minimum Gasteiger partial charge on any atom is -0.508 e. The molecule has 0 saturated heterocycles. The molecule has 88 valence electrons. The number of fused-ring (bicyclic) bond motifs is 1. The van der Waals surface area contributed by atoms with Gasteiger partial charge in [-0.2, -0.15) is 0 Å². The second-order valence-corrected chi connectivity index (χ2v) is 4.41. The first-order valence-electron chi connectivity index (χ1n) is 5.82. The lowest BCUT2D eigenvalue weighted by atomic mass is 9.86. The van der Waals surface area contributed by atoms with Crippen LogP contribution in [0.4, 0.5) is 5.88 Å². The fraction of sp³-hybridized carbons (Fsp3) is 0.308. The molecule has 4 heteroatoms. The summed E-state index contributed by atoms with van der Waals surface area (Å²) in [6.07, 6.45) is 4.19. The lowest BCUT2D eigenvalue weighted by Crippen LogP contribution is -2.04. The molecule has 0 amide bonds. The normalized spacial score (nSPS) is 14.6. The van der Waals surface area contributed by atoms with Crippen molar-refractivity contribution in [2.75, 3.05) is 5.73 Å². The average Bonchev–Trinajstić information content (AvgIpc) is 2.77. The first-order chi connectivity index (χ1) is 8.25. The van der Waals surface area contributed by atoms with Crippen LogP contribution in [0.1, 0.15) is 24.0 Å². The van der Waals surface area contributed by atoms with E-state index in [1.165, 1.54) is 5.56 Å².